The molecule has 96 valence electrons. The van der Waals surface area contributed by atoms with Crippen LogP contribution in [0.1, 0.15) is 13.8 Å². The van der Waals surface area contributed by atoms with Gasteiger partial charge in [-0.25, -0.2) is 8.42 Å². The summed E-state index contributed by atoms with van der Waals surface area (Å²) in [4.78, 5) is 14.9. The average molecular weight is 250 g/mol. The van der Waals surface area contributed by atoms with E-state index in [9.17, 15) is 13.2 Å². The van der Waals surface area contributed by atoms with E-state index < -0.39 is 9.84 Å². The van der Waals surface area contributed by atoms with Crippen LogP contribution in [0.2, 0.25) is 0 Å². The number of carbonyl (C=O) groups excluding carboxylic acids is 1. The summed E-state index contributed by atoms with van der Waals surface area (Å²) in [6.07, 6.45) is 0. The number of rotatable bonds is 7. The molecule has 6 heteroatoms. The van der Waals surface area contributed by atoms with Gasteiger partial charge in [0.25, 0.3) is 0 Å². The quantitative estimate of drug-likeness (QED) is 0.629. The zero-order valence-electron chi connectivity index (χ0n) is 10.6. The monoisotopic (exact) mass is 250 g/mol. The first-order chi connectivity index (χ1) is 7.32. The molecule has 0 saturated carbocycles. The second-order valence-electron chi connectivity index (χ2n) is 3.96. The molecule has 16 heavy (non-hydrogen) atoms. The molecule has 0 N–H and O–H groups in total. The van der Waals surface area contributed by atoms with Crippen LogP contribution in [0.25, 0.3) is 0 Å². The highest BCUT2D eigenvalue weighted by atomic mass is 32.2. The van der Waals surface area contributed by atoms with Crippen LogP contribution in [0.5, 0.6) is 0 Å². The van der Waals surface area contributed by atoms with Crippen molar-refractivity contribution in [3.63, 3.8) is 0 Å². The molecule has 0 heterocycles. The first-order valence-corrected chi connectivity index (χ1v) is 7.27. The van der Waals surface area contributed by atoms with Gasteiger partial charge in [0.15, 0.2) is 9.84 Å². The number of hydrogen-bond acceptors (Lipinski definition) is 4. The summed E-state index contributed by atoms with van der Waals surface area (Å²) >= 11 is 0. The summed E-state index contributed by atoms with van der Waals surface area (Å²) < 4.78 is 23.2. The van der Waals surface area contributed by atoms with Gasteiger partial charge in [-0.3, -0.25) is 4.79 Å². The van der Waals surface area contributed by atoms with E-state index in [1.807, 2.05) is 27.9 Å². The molecule has 1 amide bonds. The molecule has 5 nitrogen and oxygen atoms in total. The molecule has 0 atom stereocenters. The fraction of sp³-hybridized carbons (Fsp3) is 0.900. The molecule has 0 aromatic heterocycles. The number of sulfone groups is 1. The number of hydrogen-bond donors (Lipinski definition) is 0. The predicted molar refractivity (Wildman–Crippen MR) is 65.1 cm³/mol. The first-order valence-electron chi connectivity index (χ1n) is 5.45. The van der Waals surface area contributed by atoms with Gasteiger partial charge in [0.1, 0.15) is 5.75 Å². The molecule has 0 aliphatic carbocycles. The van der Waals surface area contributed by atoms with Crippen molar-refractivity contribution in [3.8, 4) is 0 Å². The number of amides is 1. The van der Waals surface area contributed by atoms with Gasteiger partial charge in [-0.15, -0.1) is 0 Å². The summed E-state index contributed by atoms with van der Waals surface area (Å²) in [5.41, 5.74) is 0. The predicted octanol–water partition coefficient (Wildman–Crippen LogP) is -0.169. The maximum absolute atomic E-state index is 11.6. The largest absolute Gasteiger partial charge is 0.342 e. The molecule has 0 fully saturated rings. The van der Waals surface area contributed by atoms with Gasteiger partial charge in [0, 0.05) is 19.6 Å². The van der Waals surface area contributed by atoms with E-state index in [1.54, 1.807) is 4.90 Å². The van der Waals surface area contributed by atoms with E-state index in [4.69, 9.17) is 0 Å². The SMILES string of the molecule is CCN(CC)C(=O)CS(=O)(=O)CCN(C)C. The van der Waals surface area contributed by atoms with Gasteiger partial charge in [0.05, 0.1) is 5.75 Å². The van der Waals surface area contributed by atoms with E-state index in [-0.39, 0.29) is 17.4 Å². The zero-order valence-corrected chi connectivity index (χ0v) is 11.4. The molecule has 0 rings (SSSR count). The van der Waals surface area contributed by atoms with Gasteiger partial charge in [-0.2, -0.15) is 0 Å². The van der Waals surface area contributed by atoms with E-state index in [0.29, 0.717) is 19.6 Å². The van der Waals surface area contributed by atoms with Crippen molar-refractivity contribution in [2.45, 2.75) is 13.8 Å². The van der Waals surface area contributed by atoms with Crippen LogP contribution in [0.4, 0.5) is 0 Å². The zero-order chi connectivity index (χ0) is 12.8. The first kappa shape index (κ1) is 15.4. The minimum atomic E-state index is -3.27. The smallest absolute Gasteiger partial charge is 0.237 e. The summed E-state index contributed by atoms with van der Waals surface area (Å²) in [6, 6.07) is 0. The van der Waals surface area contributed by atoms with Crippen molar-refractivity contribution >= 4 is 15.7 Å². The highest BCUT2D eigenvalue weighted by Gasteiger charge is 2.19. The Morgan fingerprint density at radius 2 is 1.62 bits per heavy atom. The molecular weight excluding hydrogens is 228 g/mol. The molecule has 0 spiro atoms. The van der Waals surface area contributed by atoms with Gasteiger partial charge in [-0.05, 0) is 27.9 Å². The lowest BCUT2D eigenvalue weighted by Crippen LogP contribution is -2.37. The molecule has 0 unspecified atom stereocenters. The highest BCUT2D eigenvalue weighted by molar-refractivity contribution is 7.92. The Kier molecular flexibility index (Phi) is 6.59. The minimum absolute atomic E-state index is 0.0347. The summed E-state index contributed by atoms with van der Waals surface area (Å²) in [7, 11) is 0.341. The summed E-state index contributed by atoms with van der Waals surface area (Å²) in [6.45, 7) is 5.24. The van der Waals surface area contributed by atoms with Crippen molar-refractivity contribution in [2.75, 3.05) is 45.2 Å². The molecule has 0 radical (unpaired) electrons. The topological polar surface area (TPSA) is 57.7 Å². The van der Waals surface area contributed by atoms with Gasteiger partial charge < -0.3 is 9.80 Å². The Balaban J connectivity index is 4.30. The summed E-state index contributed by atoms with van der Waals surface area (Å²) in [5.74, 6) is -0.640. The third-order valence-electron chi connectivity index (χ3n) is 2.31. The Morgan fingerprint density at radius 3 is 2.00 bits per heavy atom. The standard InChI is InChI=1S/C10H22N2O3S/c1-5-12(6-2)10(13)9-16(14,15)8-7-11(3)4/h5-9H2,1-4H3. The second kappa shape index (κ2) is 6.85. The van der Waals surface area contributed by atoms with Crippen molar-refractivity contribution < 1.29 is 13.2 Å². The lowest BCUT2D eigenvalue weighted by Gasteiger charge is -2.18. The fourth-order valence-corrected chi connectivity index (χ4v) is 2.60. The lowest BCUT2D eigenvalue weighted by atomic mass is 10.5. The molecule has 0 aromatic carbocycles. The molecule has 0 aliphatic rings. The van der Waals surface area contributed by atoms with E-state index in [1.165, 1.54) is 4.90 Å². The lowest BCUT2D eigenvalue weighted by molar-refractivity contribution is -0.128. The van der Waals surface area contributed by atoms with Crippen molar-refractivity contribution in [3.05, 3.63) is 0 Å². The molecule has 0 aliphatic heterocycles. The minimum Gasteiger partial charge on any atom is -0.342 e. The van der Waals surface area contributed by atoms with Crippen LogP contribution in [0.15, 0.2) is 0 Å². The third kappa shape index (κ3) is 6.07. The molecular formula is C10H22N2O3S. The third-order valence-corrected chi connectivity index (χ3v) is 3.80. The van der Waals surface area contributed by atoms with Crippen molar-refractivity contribution in [1.29, 1.82) is 0 Å². The molecule has 0 bridgehead atoms. The Hall–Kier alpha value is -0.620. The fourth-order valence-electron chi connectivity index (χ4n) is 1.25. The Morgan fingerprint density at radius 1 is 1.12 bits per heavy atom. The number of nitrogens with zero attached hydrogens (tertiary/aromatic N) is 2. The van der Waals surface area contributed by atoms with Gasteiger partial charge >= 0.3 is 0 Å². The van der Waals surface area contributed by atoms with Crippen LogP contribution < -0.4 is 0 Å². The van der Waals surface area contributed by atoms with Crippen LogP contribution >= 0.6 is 0 Å². The Bertz CT molecular complexity index is 308. The summed E-state index contributed by atoms with van der Waals surface area (Å²) in [5, 5.41) is 0. The van der Waals surface area contributed by atoms with Crippen molar-refractivity contribution in [1.82, 2.24) is 9.80 Å². The van der Waals surface area contributed by atoms with Gasteiger partial charge in [0.2, 0.25) is 5.91 Å². The molecule has 0 aromatic rings. The normalized spacial score (nSPS) is 11.8. The van der Waals surface area contributed by atoms with E-state index >= 15 is 0 Å². The highest BCUT2D eigenvalue weighted by Crippen LogP contribution is 1.97. The van der Waals surface area contributed by atoms with Crippen LogP contribution in [0.3, 0.4) is 0 Å². The van der Waals surface area contributed by atoms with Crippen molar-refractivity contribution in [2.24, 2.45) is 0 Å². The van der Waals surface area contributed by atoms with Crippen LogP contribution in [-0.4, -0.2) is 69.4 Å². The van der Waals surface area contributed by atoms with E-state index in [2.05, 4.69) is 0 Å². The van der Waals surface area contributed by atoms with Crippen LogP contribution in [-0.2, 0) is 14.6 Å². The molecule has 0 saturated heterocycles. The van der Waals surface area contributed by atoms with Gasteiger partial charge in [-0.1, -0.05) is 0 Å². The maximum atomic E-state index is 11.6. The average Bonchev–Trinajstić information content (AvgIpc) is 2.16. The van der Waals surface area contributed by atoms with E-state index in [0.717, 1.165) is 0 Å². The number of carbonyl (C=O) groups is 1. The Labute approximate surface area is 98.3 Å². The second-order valence-corrected chi connectivity index (χ2v) is 6.15. The maximum Gasteiger partial charge on any atom is 0.237 e. The van der Waals surface area contributed by atoms with Crippen LogP contribution in [0, 0.1) is 0 Å².